The summed E-state index contributed by atoms with van der Waals surface area (Å²) in [7, 11) is 1.95. The quantitative estimate of drug-likeness (QED) is 0.700. The first-order chi connectivity index (χ1) is 6.86. The molecule has 80 valence electrons. The molecule has 0 aliphatic carbocycles. The molecular formula is C10H19N3S. The number of aromatic nitrogens is 2. The lowest BCUT2D eigenvalue weighted by molar-refractivity contribution is 0.605. The van der Waals surface area contributed by atoms with Gasteiger partial charge in [-0.2, -0.15) is 16.9 Å². The molecule has 0 aliphatic heterocycles. The van der Waals surface area contributed by atoms with Crippen LogP contribution in [0.2, 0.25) is 0 Å². The molecule has 4 heteroatoms. The Labute approximate surface area is 90.3 Å². The van der Waals surface area contributed by atoms with Crippen LogP contribution in [0.3, 0.4) is 0 Å². The van der Waals surface area contributed by atoms with Gasteiger partial charge in [0, 0.05) is 24.8 Å². The summed E-state index contributed by atoms with van der Waals surface area (Å²) in [6.07, 6.45) is 5.26. The number of thioether (sulfide) groups is 1. The summed E-state index contributed by atoms with van der Waals surface area (Å²) >= 11 is 1.99. The average molecular weight is 213 g/mol. The van der Waals surface area contributed by atoms with Crippen LogP contribution in [0.15, 0.2) is 12.4 Å². The zero-order chi connectivity index (χ0) is 10.2. The Kier molecular flexibility index (Phi) is 5.71. The normalized spacial score (nSPS) is 10.7. The average Bonchev–Trinajstić information content (AvgIpc) is 2.61. The van der Waals surface area contributed by atoms with Gasteiger partial charge < -0.3 is 5.32 Å². The molecule has 0 unspecified atom stereocenters. The van der Waals surface area contributed by atoms with Crippen LogP contribution in [-0.2, 0) is 13.1 Å². The second kappa shape index (κ2) is 6.90. The lowest BCUT2D eigenvalue weighted by Gasteiger charge is -2.00. The van der Waals surface area contributed by atoms with Crippen molar-refractivity contribution >= 4 is 11.8 Å². The number of nitrogens with one attached hydrogen (secondary N) is 1. The van der Waals surface area contributed by atoms with Crippen molar-refractivity contribution < 1.29 is 0 Å². The van der Waals surface area contributed by atoms with Gasteiger partial charge in [0.2, 0.25) is 0 Å². The van der Waals surface area contributed by atoms with Crippen molar-refractivity contribution in [1.29, 1.82) is 0 Å². The zero-order valence-corrected chi connectivity index (χ0v) is 9.81. The minimum absolute atomic E-state index is 0.906. The van der Waals surface area contributed by atoms with E-state index in [0.717, 1.165) is 13.1 Å². The SMILES string of the molecule is CCSCCCn1cc(CNC)cn1. The van der Waals surface area contributed by atoms with Gasteiger partial charge in [-0.05, 0) is 25.0 Å². The van der Waals surface area contributed by atoms with E-state index in [-0.39, 0.29) is 0 Å². The molecule has 1 rings (SSSR count). The number of nitrogens with zero attached hydrogens (tertiary/aromatic N) is 2. The fraction of sp³-hybridized carbons (Fsp3) is 0.700. The van der Waals surface area contributed by atoms with Gasteiger partial charge in [-0.25, -0.2) is 0 Å². The molecule has 0 aromatic carbocycles. The summed E-state index contributed by atoms with van der Waals surface area (Å²) in [4.78, 5) is 0. The third-order valence-corrected chi connectivity index (χ3v) is 2.93. The first-order valence-electron chi connectivity index (χ1n) is 5.10. The highest BCUT2D eigenvalue weighted by molar-refractivity contribution is 7.99. The van der Waals surface area contributed by atoms with Crippen LogP contribution in [0.1, 0.15) is 18.9 Å². The van der Waals surface area contributed by atoms with Crippen molar-refractivity contribution in [2.75, 3.05) is 18.6 Å². The van der Waals surface area contributed by atoms with Gasteiger partial charge in [-0.1, -0.05) is 6.92 Å². The molecule has 1 N–H and O–H groups in total. The number of hydrogen-bond acceptors (Lipinski definition) is 3. The van der Waals surface area contributed by atoms with Crippen LogP contribution in [0.5, 0.6) is 0 Å². The molecule has 3 nitrogen and oxygen atoms in total. The van der Waals surface area contributed by atoms with Gasteiger partial charge >= 0.3 is 0 Å². The van der Waals surface area contributed by atoms with E-state index in [1.165, 1.54) is 23.5 Å². The Balaban J connectivity index is 2.22. The van der Waals surface area contributed by atoms with Crippen LogP contribution in [0, 0.1) is 0 Å². The Morgan fingerprint density at radius 3 is 3.14 bits per heavy atom. The largest absolute Gasteiger partial charge is 0.316 e. The fourth-order valence-corrected chi connectivity index (χ4v) is 1.92. The molecule has 1 heterocycles. The minimum Gasteiger partial charge on any atom is -0.316 e. The van der Waals surface area contributed by atoms with Crippen molar-refractivity contribution in [3.05, 3.63) is 18.0 Å². The summed E-state index contributed by atoms with van der Waals surface area (Å²) in [6.45, 7) is 4.14. The van der Waals surface area contributed by atoms with Gasteiger partial charge in [0.05, 0.1) is 6.20 Å². The molecule has 0 saturated carbocycles. The van der Waals surface area contributed by atoms with Gasteiger partial charge in [-0.15, -0.1) is 0 Å². The molecule has 1 aromatic heterocycles. The predicted molar refractivity (Wildman–Crippen MR) is 62.6 cm³/mol. The van der Waals surface area contributed by atoms with E-state index in [0.29, 0.717) is 0 Å². The summed E-state index contributed by atoms with van der Waals surface area (Å²) in [5.41, 5.74) is 1.26. The maximum Gasteiger partial charge on any atom is 0.0534 e. The molecule has 0 spiro atoms. The fourth-order valence-electron chi connectivity index (χ4n) is 1.30. The van der Waals surface area contributed by atoms with Crippen LogP contribution in [-0.4, -0.2) is 28.3 Å². The molecule has 1 aromatic rings. The highest BCUT2D eigenvalue weighted by Crippen LogP contribution is 2.03. The summed E-state index contributed by atoms with van der Waals surface area (Å²) in [5, 5.41) is 7.42. The van der Waals surface area contributed by atoms with Crippen LogP contribution in [0.25, 0.3) is 0 Å². The standard InChI is InChI=1S/C10H19N3S/c1-3-14-6-4-5-13-9-10(7-11-2)8-12-13/h8-9,11H,3-7H2,1-2H3. The molecule has 0 aliphatic rings. The Morgan fingerprint density at radius 1 is 1.57 bits per heavy atom. The highest BCUT2D eigenvalue weighted by atomic mass is 32.2. The first kappa shape index (κ1) is 11.6. The van der Waals surface area contributed by atoms with Gasteiger partial charge in [0.25, 0.3) is 0 Å². The van der Waals surface area contributed by atoms with Crippen molar-refractivity contribution in [1.82, 2.24) is 15.1 Å². The van der Waals surface area contributed by atoms with Gasteiger partial charge in [0.1, 0.15) is 0 Å². The van der Waals surface area contributed by atoms with E-state index in [1.54, 1.807) is 0 Å². The maximum atomic E-state index is 4.30. The van der Waals surface area contributed by atoms with Gasteiger partial charge in [0.15, 0.2) is 0 Å². The summed E-state index contributed by atoms with van der Waals surface area (Å²) in [6, 6.07) is 0. The Morgan fingerprint density at radius 2 is 2.43 bits per heavy atom. The number of rotatable bonds is 7. The highest BCUT2D eigenvalue weighted by Gasteiger charge is 1.96. The van der Waals surface area contributed by atoms with E-state index in [9.17, 15) is 0 Å². The number of hydrogen-bond donors (Lipinski definition) is 1. The van der Waals surface area contributed by atoms with Crippen molar-refractivity contribution in [3.8, 4) is 0 Å². The smallest absolute Gasteiger partial charge is 0.0534 e. The predicted octanol–water partition coefficient (Wildman–Crippen LogP) is 1.75. The first-order valence-corrected chi connectivity index (χ1v) is 6.26. The number of aryl methyl sites for hydroxylation is 1. The Hall–Kier alpha value is -0.480. The van der Waals surface area contributed by atoms with E-state index in [2.05, 4.69) is 23.5 Å². The summed E-state index contributed by atoms with van der Waals surface area (Å²) < 4.78 is 2.03. The van der Waals surface area contributed by atoms with E-state index in [1.807, 2.05) is 29.7 Å². The molecule has 0 bridgehead atoms. The van der Waals surface area contributed by atoms with Crippen molar-refractivity contribution in [3.63, 3.8) is 0 Å². The monoisotopic (exact) mass is 213 g/mol. The van der Waals surface area contributed by atoms with Crippen LogP contribution in [0.4, 0.5) is 0 Å². The second-order valence-corrected chi connectivity index (χ2v) is 4.59. The van der Waals surface area contributed by atoms with E-state index < -0.39 is 0 Å². The molecule has 14 heavy (non-hydrogen) atoms. The topological polar surface area (TPSA) is 29.9 Å². The second-order valence-electron chi connectivity index (χ2n) is 3.19. The maximum absolute atomic E-state index is 4.30. The van der Waals surface area contributed by atoms with Crippen LogP contribution < -0.4 is 5.32 Å². The van der Waals surface area contributed by atoms with Crippen molar-refractivity contribution in [2.45, 2.75) is 26.4 Å². The lowest BCUT2D eigenvalue weighted by atomic mass is 10.4. The van der Waals surface area contributed by atoms with E-state index >= 15 is 0 Å². The molecule has 0 fully saturated rings. The van der Waals surface area contributed by atoms with Crippen molar-refractivity contribution in [2.24, 2.45) is 0 Å². The third-order valence-electron chi connectivity index (χ3n) is 1.95. The van der Waals surface area contributed by atoms with E-state index in [4.69, 9.17) is 0 Å². The lowest BCUT2D eigenvalue weighted by Crippen LogP contribution is -2.04. The molecule has 0 amide bonds. The molecular weight excluding hydrogens is 194 g/mol. The zero-order valence-electron chi connectivity index (χ0n) is 8.99. The summed E-state index contributed by atoms with van der Waals surface area (Å²) in [5.74, 6) is 2.45. The molecule has 0 saturated heterocycles. The third kappa shape index (κ3) is 4.15. The molecule has 0 radical (unpaired) electrons. The molecule has 0 atom stereocenters. The minimum atomic E-state index is 0.906. The van der Waals surface area contributed by atoms with Crippen LogP contribution >= 0.6 is 11.8 Å². The Bertz CT molecular complexity index is 247. The van der Waals surface area contributed by atoms with Gasteiger partial charge in [-0.3, -0.25) is 4.68 Å².